The SMILES string of the molecule is Cc1cc2ccccc2n1CC(=O)N(C)CCCN. The van der Waals surface area contributed by atoms with Crippen molar-refractivity contribution in [3.8, 4) is 0 Å². The maximum atomic E-state index is 12.2. The molecular weight excluding hydrogens is 238 g/mol. The molecule has 1 aromatic heterocycles. The van der Waals surface area contributed by atoms with Crippen LogP contribution < -0.4 is 5.73 Å². The topological polar surface area (TPSA) is 51.3 Å². The minimum atomic E-state index is 0.123. The van der Waals surface area contributed by atoms with Crippen LogP contribution in [0, 0.1) is 6.92 Å². The summed E-state index contributed by atoms with van der Waals surface area (Å²) in [6, 6.07) is 10.3. The van der Waals surface area contributed by atoms with Crippen LogP contribution in [-0.2, 0) is 11.3 Å². The normalized spacial score (nSPS) is 10.9. The largest absolute Gasteiger partial charge is 0.344 e. The van der Waals surface area contributed by atoms with Gasteiger partial charge in [-0.25, -0.2) is 0 Å². The van der Waals surface area contributed by atoms with Gasteiger partial charge in [0.2, 0.25) is 5.91 Å². The minimum absolute atomic E-state index is 0.123. The number of aryl methyl sites for hydroxylation is 1. The Balaban J connectivity index is 2.17. The number of carbonyl (C=O) groups is 1. The Bertz CT molecular complexity index is 574. The fraction of sp³-hybridized carbons (Fsp3) is 0.400. The molecule has 0 aliphatic rings. The van der Waals surface area contributed by atoms with Crippen LogP contribution in [0.4, 0.5) is 0 Å². The molecule has 1 amide bonds. The first-order chi connectivity index (χ1) is 9.13. The second-order valence-electron chi connectivity index (χ2n) is 4.89. The lowest BCUT2D eigenvalue weighted by atomic mass is 10.2. The van der Waals surface area contributed by atoms with Crippen LogP contribution >= 0.6 is 0 Å². The molecule has 19 heavy (non-hydrogen) atoms. The van der Waals surface area contributed by atoms with Gasteiger partial charge in [-0.3, -0.25) is 4.79 Å². The summed E-state index contributed by atoms with van der Waals surface area (Å²) in [7, 11) is 1.83. The molecule has 1 aromatic carbocycles. The molecule has 4 nitrogen and oxygen atoms in total. The second-order valence-corrected chi connectivity index (χ2v) is 4.89. The highest BCUT2D eigenvalue weighted by atomic mass is 16.2. The summed E-state index contributed by atoms with van der Waals surface area (Å²) >= 11 is 0. The van der Waals surface area contributed by atoms with Gasteiger partial charge in [-0.15, -0.1) is 0 Å². The number of benzene rings is 1. The van der Waals surface area contributed by atoms with E-state index < -0.39 is 0 Å². The van der Waals surface area contributed by atoms with Crippen molar-refractivity contribution >= 4 is 16.8 Å². The fourth-order valence-electron chi connectivity index (χ4n) is 2.27. The van der Waals surface area contributed by atoms with Gasteiger partial charge in [-0.05, 0) is 37.4 Å². The van der Waals surface area contributed by atoms with Gasteiger partial charge in [-0.2, -0.15) is 0 Å². The van der Waals surface area contributed by atoms with Gasteiger partial charge in [-0.1, -0.05) is 18.2 Å². The average molecular weight is 259 g/mol. The van der Waals surface area contributed by atoms with Crippen LogP contribution in [0.25, 0.3) is 10.9 Å². The van der Waals surface area contributed by atoms with Gasteiger partial charge < -0.3 is 15.2 Å². The zero-order valence-electron chi connectivity index (χ0n) is 11.6. The van der Waals surface area contributed by atoms with E-state index >= 15 is 0 Å². The standard InChI is InChI=1S/C15H21N3O/c1-12-10-13-6-3-4-7-14(13)18(12)11-15(19)17(2)9-5-8-16/h3-4,6-7,10H,5,8-9,11,16H2,1-2H3. The number of hydrogen-bond acceptors (Lipinski definition) is 2. The molecule has 1 heterocycles. The fourth-order valence-corrected chi connectivity index (χ4v) is 2.27. The van der Waals surface area contributed by atoms with Gasteiger partial charge in [0.15, 0.2) is 0 Å². The Morgan fingerprint density at radius 3 is 2.84 bits per heavy atom. The quantitative estimate of drug-likeness (QED) is 0.889. The smallest absolute Gasteiger partial charge is 0.242 e. The molecule has 2 rings (SSSR count). The number of amides is 1. The number of para-hydroxylation sites is 1. The third-order valence-electron chi connectivity index (χ3n) is 3.43. The molecule has 2 N–H and O–H groups in total. The summed E-state index contributed by atoms with van der Waals surface area (Å²) in [5.74, 6) is 0.123. The van der Waals surface area contributed by atoms with Crippen LogP contribution in [0.1, 0.15) is 12.1 Å². The Hall–Kier alpha value is -1.81. The number of likely N-dealkylation sites (N-methyl/N-ethyl adjacent to an activating group) is 1. The van der Waals surface area contributed by atoms with E-state index in [9.17, 15) is 4.79 Å². The number of nitrogens with two attached hydrogens (primary N) is 1. The van der Waals surface area contributed by atoms with Gasteiger partial charge in [0.05, 0.1) is 0 Å². The van der Waals surface area contributed by atoms with E-state index in [2.05, 4.69) is 22.8 Å². The number of hydrogen-bond donors (Lipinski definition) is 1. The Kier molecular flexibility index (Phi) is 4.22. The van der Waals surface area contributed by atoms with Crippen molar-refractivity contribution in [3.63, 3.8) is 0 Å². The van der Waals surface area contributed by atoms with Crippen molar-refractivity contribution in [1.82, 2.24) is 9.47 Å². The van der Waals surface area contributed by atoms with E-state index in [0.29, 0.717) is 19.6 Å². The van der Waals surface area contributed by atoms with Crippen LogP contribution in [0.3, 0.4) is 0 Å². The molecule has 0 radical (unpaired) electrons. The first-order valence-electron chi connectivity index (χ1n) is 6.62. The molecule has 0 unspecified atom stereocenters. The van der Waals surface area contributed by atoms with Crippen LogP contribution in [0.5, 0.6) is 0 Å². The number of nitrogens with zero attached hydrogens (tertiary/aromatic N) is 2. The molecule has 0 fully saturated rings. The van der Waals surface area contributed by atoms with Gasteiger partial charge in [0.1, 0.15) is 6.54 Å². The highest BCUT2D eigenvalue weighted by Gasteiger charge is 2.12. The van der Waals surface area contributed by atoms with Gasteiger partial charge in [0, 0.05) is 24.8 Å². The number of carbonyl (C=O) groups excluding carboxylic acids is 1. The highest BCUT2D eigenvalue weighted by molar-refractivity contribution is 5.84. The van der Waals surface area contributed by atoms with E-state index in [-0.39, 0.29) is 5.91 Å². The van der Waals surface area contributed by atoms with Crippen LogP contribution in [0.2, 0.25) is 0 Å². The van der Waals surface area contributed by atoms with Gasteiger partial charge in [0.25, 0.3) is 0 Å². The van der Waals surface area contributed by atoms with Crippen molar-refractivity contribution in [2.24, 2.45) is 5.73 Å². The lowest BCUT2D eigenvalue weighted by molar-refractivity contribution is -0.130. The highest BCUT2D eigenvalue weighted by Crippen LogP contribution is 2.19. The minimum Gasteiger partial charge on any atom is -0.344 e. The van der Waals surface area contributed by atoms with E-state index in [1.54, 1.807) is 4.90 Å². The maximum absolute atomic E-state index is 12.2. The van der Waals surface area contributed by atoms with Crippen molar-refractivity contribution in [1.29, 1.82) is 0 Å². The van der Waals surface area contributed by atoms with Crippen LogP contribution in [-0.4, -0.2) is 35.5 Å². The lowest BCUT2D eigenvalue weighted by Crippen LogP contribution is -2.32. The predicted molar refractivity (Wildman–Crippen MR) is 78.0 cm³/mol. The van der Waals surface area contributed by atoms with Crippen LogP contribution in [0.15, 0.2) is 30.3 Å². The number of fused-ring (bicyclic) bond motifs is 1. The van der Waals surface area contributed by atoms with E-state index in [4.69, 9.17) is 5.73 Å². The van der Waals surface area contributed by atoms with E-state index in [1.807, 2.05) is 26.1 Å². The molecule has 0 saturated carbocycles. The average Bonchev–Trinajstić information content (AvgIpc) is 2.72. The molecule has 0 spiro atoms. The Morgan fingerprint density at radius 1 is 1.37 bits per heavy atom. The molecule has 0 saturated heterocycles. The molecular formula is C15H21N3O. The number of rotatable bonds is 5. The van der Waals surface area contributed by atoms with Crippen molar-refractivity contribution < 1.29 is 4.79 Å². The van der Waals surface area contributed by atoms with E-state index in [0.717, 1.165) is 17.6 Å². The molecule has 0 bridgehead atoms. The molecule has 0 aliphatic heterocycles. The second kappa shape index (κ2) is 5.89. The Labute approximate surface area is 113 Å². The predicted octanol–water partition coefficient (Wildman–Crippen LogP) is 1.76. The third kappa shape index (κ3) is 2.96. The summed E-state index contributed by atoms with van der Waals surface area (Å²) < 4.78 is 2.07. The lowest BCUT2D eigenvalue weighted by Gasteiger charge is -2.18. The maximum Gasteiger partial charge on any atom is 0.242 e. The molecule has 0 aliphatic carbocycles. The van der Waals surface area contributed by atoms with E-state index in [1.165, 1.54) is 5.39 Å². The summed E-state index contributed by atoms with van der Waals surface area (Å²) in [5, 5.41) is 1.18. The summed E-state index contributed by atoms with van der Waals surface area (Å²) in [6.07, 6.45) is 0.841. The molecule has 4 heteroatoms. The van der Waals surface area contributed by atoms with Gasteiger partial charge >= 0.3 is 0 Å². The third-order valence-corrected chi connectivity index (χ3v) is 3.43. The Morgan fingerprint density at radius 2 is 2.11 bits per heavy atom. The number of aromatic nitrogens is 1. The zero-order chi connectivity index (χ0) is 13.8. The monoisotopic (exact) mass is 259 g/mol. The van der Waals surface area contributed by atoms with Crippen molar-refractivity contribution in [3.05, 3.63) is 36.0 Å². The van der Waals surface area contributed by atoms with Crippen molar-refractivity contribution in [2.75, 3.05) is 20.1 Å². The first-order valence-corrected chi connectivity index (χ1v) is 6.62. The van der Waals surface area contributed by atoms with Crippen molar-refractivity contribution in [2.45, 2.75) is 19.9 Å². The summed E-state index contributed by atoms with van der Waals surface area (Å²) in [5.41, 5.74) is 7.69. The molecule has 102 valence electrons. The molecule has 2 aromatic rings. The zero-order valence-corrected chi connectivity index (χ0v) is 11.6. The molecule has 0 atom stereocenters. The summed E-state index contributed by atoms with van der Waals surface area (Å²) in [4.78, 5) is 13.9. The first kappa shape index (κ1) is 13.6. The summed E-state index contributed by atoms with van der Waals surface area (Å²) in [6.45, 7) is 3.75.